The Morgan fingerprint density at radius 1 is 1.24 bits per heavy atom. The molecule has 17 heavy (non-hydrogen) atoms. The molecule has 0 aromatic heterocycles. The van der Waals surface area contributed by atoms with Gasteiger partial charge in [0.2, 0.25) is 0 Å². The van der Waals surface area contributed by atoms with Crippen molar-refractivity contribution in [1.29, 1.82) is 0 Å². The summed E-state index contributed by atoms with van der Waals surface area (Å²) in [6.45, 7) is 1.51. The lowest BCUT2D eigenvalue weighted by Crippen LogP contribution is -2.34. The summed E-state index contributed by atoms with van der Waals surface area (Å²) in [4.78, 5) is 24.4. The van der Waals surface area contributed by atoms with Crippen LogP contribution in [0.1, 0.15) is 17.3 Å². The third kappa shape index (κ3) is 3.48. The number of esters is 1. The number of benzene rings is 1. The van der Waals surface area contributed by atoms with Crippen LogP contribution in [0.25, 0.3) is 0 Å². The molecular formula is C12H15NO4. The highest BCUT2D eigenvalue weighted by molar-refractivity contribution is 5.92. The third-order valence-electron chi connectivity index (χ3n) is 2.18. The molecule has 1 amide bonds. The maximum absolute atomic E-state index is 11.6. The summed E-state index contributed by atoms with van der Waals surface area (Å²) < 4.78 is 4.99. The summed E-state index contributed by atoms with van der Waals surface area (Å²) in [5.74, 6) is -0.802. The average Bonchev–Trinajstić information content (AvgIpc) is 2.28. The molecule has 0 aliphatic rings. The molecule has 92 valence electrons. The fourth-order valence-electron chi connectivity index (χ4n) is 1.24. The van der Waals surface area contributed by atoms with Gasteiger partial charge in [0.1, 0.15) is 5.75 Å². The van der Waals surface area contributed by atoms with Crippen LogP contribution in [0.2, 0.25) is 0 Å². The summed E-state index contributed by atoms with van der Waals surface area (Å²) in [7, 11) is 3.18. The number of amides is 1. The molecule has 0 bridgehead atoms. The van der Waals surface area contributed by atoms with Gasteiger partial charge in [-0.15, -0.1) is 0 Å². The fourth-order valence-corrected chi connectivity index (χ4v) is 1.24. The Bertz CT molecular complexity index is 411. The van der Waals surface area contributed by atoms with Gasteiger partial charge >= 0.3 is 5.97 Å². The smallest absolute Gasteiger partial charge is 0.338 e. The van der Waals surface area contributed by atoms with Crippen molar-refractivity contribution in [3.8, 4) is 5.75 Å². The summed E-state index contributed by atoms with van der Waals surface area (Å²) in [6, 6.07) is 5.64. The molecule has 0 aliphatic heterocycles. The molecule has 0 saturated carbocycles. The van der Waals surface area contributed by atoms with Crippen LogP contribution in [0.15, 0.2) is 24.3 Å². The number of hydrogen-bond donors (Lipinski definition) is 1. The van der Waals surface area contributed by atoms with E-state index in [0.29, 0.717) is 5.56 Å². The number of phenolic OH excluding ortho intramolecular Hbond substituents is 1. The average molecular weight is 237 g/mol. The molecule has 1 atom stereocenters. The quantitative estimate of drug-likeness (QED) is 0.797. The van der Waals surface area contributed by atoms with Gasteiger partial charge in [-0.1, -0.05) is 0 Å². The molecule has 1 rings (SSSR count). The number of carbonyl (C=O) groups is 2. The van der Waals surface area contributed by atoms with Gasteiger partial charge in [0.05, 0.1) is 5.56 Å². The van der Waals surface area contributed by atoms with Gasteiger partial charge in [0, 0.05) is 14.1 Å². The van der Waals surface area contributed by atoms with E-state index in [1.54, 1.807) is 14.1 Å². The fraction of sp³-hybridized carbons (Fsp3) is 0.333. The highest BCUT2D eigenvalue weighted by atomic mass is 16.5. The van der Waals surface area contributed by atoms with E-state index in [-0.39, 0.29) is 11.7 Å². The highest BCUT2D eigenvalue weighted by Gasteiger charge is 2.20. The standard InChI is InChI=1S/C12H15NO4/c1-8(11(15)13(2)3)17-12(16)9-4-6-10(14)7-5-9/h4-8,14H,1-3H3. The van der Waals surface area contributed by atoms with Crippen LogP contribution in [0.5, 0.6) is 5.75 Å². The van der Waals surface area contributed by atoms with E-state index in [4.69, 9.17) is 9.84 Å². The third-order valence-corrected chi connectivity index (χ3v) is 2.18. The van der Waals surface area contributed by atoms with Crippen molar-refractivity contribution in [3.05, 3.63) is 29.8 Å². The van der Waals surface area contributed by atoms with Crippen LogP contribution in [-0.4, -0.2) is 42.1 Å². The molecule has 0 radical (unpaired) electrons. The molecule has 1 N–H and O–H groups in total. The zero-order valence-electron chi connectivity index (χ0n) is 10.0. The second-order valence-electron chi connectivity index (χ2n) is 3.83. The zero-order chi connectivity index (χ0) is 13.0. The van der Waals surface area contributed by atoms with E-state index in [2.05, 4.69) is 0 Å². The van der Waals surface area contributed by atoms with Gasteiger partial charge < -0.3 is 14.7 Å². The zero-order valence-corrected chi connectivity index (χ0v) is 10.0. The summed E-state index contributed by atoms with van der Waals surface area (Å²) in [5.41, 5.74) is 0.293. The van der Waals surface area contributed by atoms with Gasteiger partial charge in [-0.3, -0.25) is 4.79 Å². The van der Waals surface area contributed by atoms with Gasteiger partial charge in [-0.05, 0) is 31.2 Å². The first-order valence-corrected chi connectivity index (χ1v) is 5.13. The normalized spacial score (nSPS) is 11.7. The van der Waals surface area contributed by atoms with Crippen LogP contribution in [-0.2, 0) is 9.53 Å². The molecular weight excluding hydrogens is 222 g/mol. The van der Waals surface area contributed by atoms with Gasteiger partial charge in [-0.25, -0.2) is 4.79 Å². The minimum absolute atomic E-state index is 0.0685. The number of likely N-dealkylation sites (N-methyl/N-ethyl adjacent to an activating group) is 1. The Hall–Kier alpha value is -2.04. The van der Waals surface area contributed by atoms with Crippen molar-refractivity contribution in [3.63, 3.8) is 0 Å². The molecule has 0 heterocycles. The van der Waals surface area contributed by atoms with Crippen molar-refractivity contribution in [2.75, 3.05) is 14.1 Å². The van der Waals surface area contributed by atoms with Crippen molar-refractivity contribution < 1.29 is 19.4 Å². The van der Waals surface area contributed by atoms with Crippen molar-refractivity contribution in [2.24, 2.45) is 0 Å². The lowest BCUT2D eigenvalue weighted by molar-refractivity contribution is -0.137. The minimum atomic E-state index is -0.827. The van der Waals surface area contributed by atoms with Crippen molar-refractivity contribution in [1.82, 2.24) is 4.90 Å². The summed E-state index contributed by atoms with van der Waals surface area (Å²) in [5, 5.41) is 9.07. The minimum Gasteiger partial charge on any atom is -0.508 e. The van der Waals surface area contributed by atoms with Gasteiger partial charge in [0.25, 0.3) is 5.91 Å². The number of nitrogens with zero attached hydrogens (tertiary/aromatic N) is 1. The number of ether oxygens (including phenoxy) is 1. The Morgan fingerprint density at radius 3 is 2.24 bits per heavy atom. The lowest BCUT2D eigenvalue weighted by Gasteiger charge is -2.17. The van der Waals surface area contributed by atoms with Gasteiger partial charge in [0.15, 0.2) is 6.10 Å². The molecule has 0 aliphatic carbocycles. The van der Waals surface area contributed by atoms with Gasteiger partial charge in [-0.2, -0.15) is 0 Å². The highest BCUT2D eigenvalue weighted by Crippen LogP contribution is 2.11. The largest absolute Gasteiger partial charge is 0.508 e. The van der Waals surface area contributed by atoms with E-state index in [1.807, 2.05) is 0 Å². The number of phenols is 1. The predicted octanol–water partition coefficient (Wildman–Crippen LogP) is 1.03. The SMILES string of the molecule is CC(OC(=O)c1ccc(O)cc1)C(=O)N(C)C. The second kappa shape index (κ2) is 5.34. The van der Waals surface area contributed by atoms with Crippen LogP contribution >= 0.6 is 0 Å². The van der Waals surface area contributed by atoms with E-state index < -0.39 is 12.1 Å². The van der Waals surface area contributed by atoms with E-state index in [0.717, 1.165) is 0 Å². The number of carbonyl (C=O) groups excluding carboxylic acids is 2. The number of hydrogen-bond acceptors (Lipinski definition) is 4. The first-order valence-electron chi connectivity index (χ1n) is 5.13. The first kappa shape index (κ1) is 13.0. The van der Waals surface area contributed by atoms with Crippen LogP contribution < -0.4 is 0 Å². The Labute approximate surface area is 99.6 Å². The van der Waals surface area contributed by atoms with Crippen LogP contribution in [0.3, 0.4) is 0 Å². The van der Waals surface area contributed by atoms with E-state index in [1.165, 1.54) is 36.1 Å². The predicted molar refractivity (Wildman–Crippen MR) is 61.7 cm³/mol. The molecule has 1 unspecified atom stereocenters. The molecule has 0 fully saturated rings. The van der Waals surface area contributed by atoms with Crippen LogP contribution in [0, 0.1) is 0 Å². The van der Waals surface area contributed by atoms with E-state index >= 15 is 0 Å². The summed E-state index contributed by atoms with van der Waals surface area (Å²) in [6.07, 6.45) is -0.827. The molecule has 5 heteroatoms. The molecule has 0 saturated heterocycles. The molecule has 1 aromatic carbocycles. The monoisotopic (exact) mass is 237 g/mol. The Morgan fingerprint density at radius 2 is 1.76 bits per heavy atom. The molecule has 5 nitrogen and oxygen atoms in total. The number of aromatic hydroxyl groups is 1. The van der Waals surface area contributed by atoms with Crippen molar-refractivity contribution in [2.45, 2.75) is 13.0 Å². The van der Waals surface area contributed by atoms with Crippen LogP contribution in [0.4, 0.5) is 0 Å². The molecule has 1 aromatic rings. The molecule has 0 spiro atoms. The first-order chi connectivity index (χ1) is 7.91. The maximum Gasteiger partial charge on any atom is 0.338 e. The Kier molecular flexibility index (Phi) is 4.09. The Balaban J connectivity index is 2.66. The maximum atomic E-state index is 11.6. The van der Waals surface area contributed by atoms with E-state index in [9.17, 15) is 9.59 Å². The second-order valence-corrected chi connectivity index (χ2v) is 3.83. The lowest BCUT2D eigenvalue weighted by atomic mass is 10.2. The van der Waals surface area contributed by atoms with Crippen molar-refractivity contribution >= 4 is 11.9 Å². The topological polar surface area (TPSA) is 66.8 Å². The summed E-state index contributed by atoms with van der Waals surface area (Å²) >= 11 is 0. The number of rotatable bonds is 3.